The van der Waals surface area contributed by atoms with Crippen LogP contribution in [-0.2, 0) is 31.5 Å². The number of hydrogen-bond acceptors (Lipinski definition) is 4. The van der Waals surface area contributed by atoms with Crippen molar-refractivity contribution in [3.8, 4) is 0 Å². The third-order valence-electron chi connectivity index (χ3n) is 3.47. The first-order valence-electron chi connectivity index (χ1n) is 5.83. The maximum atomic E-state index is 13.8. The van der Waals surface area contributed by atoms with Crippen LogP contribution in [0.4, 0.5) is 17.6 Å². The van der Waals surface area contributed by atoms with Crippen molar-refractivity contribution in [3.63, 3.8) is 0 Å². The van der Waals surface area contributed by atoms with Gasteiger partial charge >= 0.3 is 5.51 Å². The van der Waals surface area contributed by atoms with Crippen molar-refractivity contribution in [2.45, 2.75) is 29.0 Å². The Morgan fingerprint density at radius 2 is 1.76 bits per heavy atom. The van der Waals surface area contributed by atoms with Gasteiger partial charge in [-0.25, -0.2) is 12.8 Å². The van der Waals surface area contributed by atoms with Crippen LogP contribution in [0.5, 0.6) is 0 Å². The lowest BCUT2D eigenvalue weighted by Gasteiger charge is -2.25. The highest BCUT2D eigenvalue weighted by Gasteiger charge is 2.54. The molecule has 0 unspecified atom stereocenters. The third-order valence-corrected chi connectivity index (χ3v) is 5.00. The first-order chi connectivity index (χ1) is 9.69. The van der Waals surface area contributed by atoms with E-state index in [1.807, 2.05) is 0 Å². The summed E-state index contributed by atoms with van der Waals surface area (Å²) < 4.78 is 85.8. The Hall–Kier alpha value is -1.77. The molecule has 0 amide bonds. The SMILES string of the molecule is O=S(=O)(c1ccc(F)c2c1C1(CC2)OC=CO1)C(F)(F)F. The van der Waals surface area contributed by atoms with E-state index in [0.717, 1.165) is 12.5 Å². The van der Waals surface area contributed by atoms with Crippen molar-refractivity contribution in [2.24, 2.45) is 0 Å². The van der Waals surface area contributed by atoms with Crippen molar-refractivity contribution in [3.05, 3.63) is 41.6 Å². The average molecular weight is 324 g/mol. The number of hydrogen-bond donors (Lipinski definition) is 0. The van der Waals surface area contributed by atoms with E-state index in [1.54, 1.807) is 0 Å². The largest absolute Gasteiger partial charge is 0.501 e. The molecule has 3 rings (SSSR count). The van der Waals surface area contributed by atoms with Gasteiger partial charge < -0.3 is 9.47 Å². The van der Waals surface area contributed by atoms with Gasteiger partial charge in [-0.2, -0.15) is 13.2 Å². The molecule has 0 N–H and O–H groups in total. The van der Waals surface area contributed by atoms with Crippen molar-refractivity contribution >= 4 is 9.84 Å². The van der Waals surface area contributed by atoms with E-state index in [1.165, 1.54) is 0 Å². The molecule has 1 aliphatic heterocycles. The van der Waals surface area contributed by atoms with Crippen molar-refractivity contribution < 1.29 is 35.5 Å². The summed E-state index contributed by atoms with van der Waals surface area (Å²) in [6.07, 6.45) is 2.22. The summed E-state index contributed by atoms with van der Waals surface area (Å²) in [7, 11) is -5.64. The number of alkyl halides is 3. The molecule has 1 aromatic carbocycles. The molecule has 1 heterocycles. The summed E-state index contributed by atoms with van der Waals surface area (Å²) >= 11 is 0. The number of rotatable bonds is 1. The molecule has 0 fully saturated rings. The Bertz CT molecular complexity index is 728. The van der Waals surface area contributed by atoms with Crippen LogP contribution in [0.2, 0.25) is 0 Å². The molecule has 1 spiro atoms. The van der Waals surface area contributed by atoms with E-state index >= 15 is 0 Å². The van der Waals surface area contributed by atoms with Crippen LogP contribution < -0.4 is 0 Å². The lowest BCUT2D eigenvalue weighted by Crippen LogP contribution is -2.30. The van der Waals surface area contributed by atoms with Gasteiger partial charge in [0, 0.05) is 12.0 Å². The van der Waals surface area contributed by atoms with Crippen LogP contribution in [0.15, 0.2) is 29.6 Å². The second kappa shape index (κ2) is 4.12. The normalized spacial score (nSPS) is 19.4. The van der Waals surface area contributed by atoms with Crippen LogP contribution in [-0.4, -0.2) is 13.9 Å². The topological polar surface area (TPSA) is 52.6 Å². The third kappa shape index (κ3) is 1.83. The van der Waals surface area contributed by atoms with E-state index < -0.39 is 37.4 Å². The molecular weight excluding hydrogens is 316 g/mol. The molecule has 9 heteroatoms. The van der Waals surface area contributed by atoms with E-state index in [9.17, 15) is 26.0 Å². The molecule has 114 valence electrons. The lowest BCUT2D eigenvalue weighted by atomic mass is 10.1. The van der Waals surface area contributed by atoms with E-state index in [-0.39, 0.29) is 18.4 Å². The fourth-order valence-electron chi connectivity index (χ4n) is 2.56. The summed E-state index contributed by atoms with van der Waals surface area (Å²) in [4.78, 5) is -1.03. The van der Waals surface area contributed by atoms with Crippen LogP contribution in [0.25, 0.3) is 0 Å². The Balaban J connectivity index is 2.29. The number of benzene rings is 1. The maximum absolute atomic E-state index is 13.8. The number of fused-ring (bicyclic) bond motifs is 2. The van der Waals surface area contributed by atoms with Crippen molar-refractivity contribution in [2.75, 3.05) is 0 Å². The summed E-state index contributed by atoms with van der Waals surface area (Å²) in [5.41, 5.74) is -6.04. The summed E-state index contributed by atoms with van der Waals surface area (Å²) in [5.74, 6) is -2.49. The molecule has 1 aliphatic carbocycles. The second-order valence-corrected chi connectivity index (χ2v) is 6.52. The number of halogens is 4. The standard InChI is InChI=1S/C12H8F4O4S/c13-8-1-2-9(21(17,18)12(14,15)16)10-7(8)3-4-11(10)19-5-6-20-11/h1-2,5-6H,3-4H2. The molecule has 0 saturated carbocycles. The minimum absolute atomic E-state index is 0.0179. The van der Waals surface area contributed by atoms with Gasteiger partial charge in [-0.15, -0.1) is 0 Å². The Labute approximate surface area is 116 Å². The lowest BCUT2D eigenvalue weighted by molar-refractivity contribution is -0.149. The zero-order chi connectivity index (χ0) is 15.5. The molecule has 2 aliphatic rings. The molecule has 0 saturated heterocycles. The van der Waals surface area contributed by atoms with Gasteiger partial charge in [0.15, 0.2) is 0 Å². The first-order valence-corrected chi connectivity index (χ1v) is 7.31. The van der Waals surface area contributed by atoms with Gasteiger partial charge in [0.2, 0.25) is 0 Å². The van der Waals surface area contributed by atoms with E-state index in [2.05, 4.69) is 0 Å². The van der Waals surface area contributed by atoms with Gasteiger partial charge in [0.1, 0.15) is 18.3 Å². The van der Waals surface area contributed by atoms with Gasteiger partial charge in [-0.05, 0) is 18.6 Å². The molecule has 21 heavy (non-hydrogen) atoms. The summed E-state index contributed by atoms with van der Waals surface area (Å²) in [6, 6.07) is 1.30. The van der Waals surface area contributed by atoms with Crippen LogP contribution >= 0.6 is 0 Å². The second-order valence-electron chi connectivity index (χ2n) is 4.61. The highest BCUT2D eigenvalue weighted by atomic mass is 32.2. The summed E-state index contributed by atoms with van der Waals surface area (Å²) in [6.45, 7) is 0. The molecule has 0 aromatic heterocycles. The van der Waals surface area contributed by atoms with Crippen LogP contribution in [0.3, 0.4) is 0 Å². The smallest absolute Gasteiger partial charge is 0.453 e. The molecule has 0 radical (unpaired) electrons. The highest BCUT2D eigenvalue weighted by molar-refractivity contribution is 7.92. The highest BCUT2D eigenvalue weighted by Crippen LogP contribution is 2.49. The zero-order valence-corrected chi connectivity index (χ0v) is 11.1. The van der Waals surface area contributed by atoms with Gasteiger partial charge in [-0.1, -0.05) is 0 Å². The van der Waals surface area contributed by atoms with E-state index in [4.69, 9.17) is 9.47 Å². The molecule has 0 atom stereocenters. The maximum Gasteiger partial charge on any atom is 0.501 e. The first kappa shape index (κ1) is 14.2. The minimum atomic E-state index is -5.64. The van der Waals surface area contributed by atoms with Crippen LogP contribution in [0, 0.1) is 5.82 Å². The fourth-order valence-corrected chi connectivity index (χ4v) is 3.61. The van der Waals surface area contributed by atoms with Gasteiger partial charge in [0.05, 0.1) is 10.5 Å². The van der Waals surface area contributed by atoms with Crippen LogP contribution in [0.1, 0.15) is 17.5 Å². The average Bonchev–Trinajstić information content (AvgIpc) is 2.99. The molecule has 4 nitrogen and oxygen atoms in total. The molecule has 0 bridgehead atoms. The van der Waals surface area contributed by atoms with E-state index in [0.29, 0.717) is 12.1 Å². The Kier molecular flexibility index (Phi) is 2.78. The van der Waals surface area contributed by atoms with Crippen molar-refractivity contribution in [1.29, 1.82) is 0 Å². The van der Waals surface area contributed by atoms with Gasteiger partial charge in [0.25, 0.3) is 15.6 Å². The molecular formula is C12H8F4O4S. The Morgan fingerprint density at radius 3 is 2.33 bits per heavy atom. The number of sulfone groups is 1. The minimum Gasteiger partial charge on any atom is -0.453 e. The fraction of sp³-hybridized carbons (Fsp3) is 0.333. The quantitative estimate of drug-likeness (QED) is 0.589. The predicted molar refractivity (Wildman–Crippen MR) is 60.9 cm³/mol. The number of ether oxygens (including phenoxy) is 2. The zero-order valence-electron chi connectivity index (χ0n) is 10.3. The summed E-state index contributed by atoms with van der Waals surface area (Å²) in [5, 5.41) is 0. The monoisotopic (exact) mass is 324 g/mol. The Morgan fingerprint density at radius 1 is 1.14 bits per heavy atom. The van der Waals surface area contributed by atoms with Gasteiger partial charge in [-0.3, -0.25) is 0 Å². The molecule has 1 aromatic rings. The van der Waals surface area contributed by atoms with Crippen molar-refractivity contribution in [1.82, 2.24) is 0 Å². The predicted octanol–water partition coefficient (Wildman–Crippen LogP) is 2.74.